The van der Waals surface area contributed by atoms with Crippen molar-refractivity contribution >= 4 is 17.6 Å². The van der Waals surface area contributed by atoms with Gasteiger partial charge in [-0.15, -0.1) is 0 Å². The van der Waals surface area contributed by atoms with Gasteiger partial charge in [0.05, 0.1) is 6.42 Å². The van der Waals surface area contributed by atoms with E-state index >= 15 is 0 Å². The highest BCUT2D eigenvalue weighted by molar-refractivity contribution is 6.30. The molecule has 0 fully saturated rings. The van der Waals surface area contributed by atoms with Crippen molar-refractivity contribution in [3.05, 3.63) is 34.4 Å². The molecule has 0 amide bonds. The molecule has 0 aromatic heterocycles. The number of aliphatic carboxylic acids is 1. The van der Waals surface area contributed by atoms with Gasteiger partial charge in [0, 0.05) is 5.92 Å². The van der Waals surface area contributed by atoms with E-state index in [0.717, 1.165) is 12.1 Å². The lowest BCUT2D eigenvalue weighted by Crippen LogP contribution is -2.17. The Bertz CT molecular complexity index is 412. The molecule has 1 rings (SSSR count). The summed E-state index contributed by atoms with van der Waals surface area (Å²) in [6, 6.07) is 2.16. The summed E-state index contributed by atoms with van der Waals surface area (Å²) < 4.78 is 26.4. The third-order valence-corrected chi connectivity index (χ3v) is 2.56. The molecular formula is C10H10ClF2NO2. The highest BCUT2D eigenvalue weighted by atomic mass is 35.5. The van der Waals surface area contributed by atoms with E-state index in [1.165, 1.54) is 0 Å². The molecule has 0 aliphatic carbocycles. The Hall–Kier alpha value is -1.20. The second-order valence-electron chi connectivity index (χ2n) is 3.30. The fourth-order valence-corrected chi connectivity index (χ4v) is 1.56. The topological polar surface area (TPSA) is 63.3 Å². The van der Waals surface area contributed by atoms with Gasteiger partial charge in [0.15, 0.2) is 0 Å². The van der Waals surface area contributed by atoms with E-state index in [1.807, 2.05) is 0 Å². The Balaban J connectivity index is 3.11. The van der Waals surface area contributed by atoms with Crippen molar-refractivity contribution in [3.63, 3.8) is 0 Å². The summed E-state index contributed by atoms with van der Waals surface area (Å²) >= 11 is 5.38. The van der Waals surface area contributed by atoms with Gasteiger partial charge in [0.2, 0.25) is 0 Å². The minimum absolute atomic E-state index is 0.0244. The van der Waals surface area contributed by atoms with Crippen LogP contribution in [0.1, 0.15) is 17.9 Å². The first kappa shape index (κ1) is 12.9. The standard InChI is InChI=1S/C10H10ClF2NO2/c11-9-7(12)2-1-6(10(9)13)5(4-14)3-8(15)16/h1-2,5H,3-4,14H2,(H,15,16). The average molecular weight is 250 g/mol. The summed E-state index contributed by atoms with van der Waals surface area (Å²) in [7, 11) is 0. The smallest absolute Gasteiger partial charge is 0.304 e. The van der Waals surface area contributed by atoms with Crippen LogP contribution in [0.3, 0.4) is 0 Å². The number of rotatable bonds is 4. The normalized spacial score (nSPS) is 12.5. The third kappa shape index (κ3) is 2.68. The lowest BCUT2D eigenvalue weighted by Gasteiger charge is -2.14. The Morgan fingerprint density at radius 1 is 1.50 bits per heavy atom. The molecule has 16 heavy (non-hydrogen) atoms. The number of benzene rings is 1. The summed E-state index contributed by atoms with van der Waals surface area (Å²) in [6.45, 7) is -0.0504. The first-order valence-corrected chi connectivity index (χ1v) is 4.90. The molecule has 3 nitrogen and oxygen atoms in total. The number of nitrogens with two attached hydrogens (primary N) is 1. The summed E-state index contributed by atoms with van der Waals surface area (Å²) in [5.41, 5.74) is 5.37. The zero-order chi connectivity index (χ0) is 12.3. The van der Waals surface area contributed by atoms with Gasteiger partial charge in [-0.05, 0) is 18.2 Å². The quantitative estimate of drug-likeness (QED) is 0.804. The zero-order valence-corrected chi connectivity index (χ0v) is 8.97. The van der Waals surface area contributed by atoms with Crippen molar-refractivity contribution in [1.29, 1.82) is 0 Å². The maximum Gasteiger partial charge on any atom is 0.304 e. The maximum absolute atomic E-state index is 13.5. The van der Waals surface area contributed by atoms with Gasteiger partial charge in [0.1, 0.15) is 16.7 Å². The van der Waals surface area contributed by atoms with Gasteiger partial charge in [-0.1, -0.05) is 17.7 Å². The fourth-order valence-electron chi connectivity index (χ4n) is 1.39. The molecule has 0 heterocycles. The van der Waals surface area contributed by atoms with Crippen LogP contribution in [-0.2, 0) is 4.79 Å². The summed E-state index contributed by atoms with van der Waals surface area (Å²) in [6.07, 6.45) is -0.324. The molecule has 1 atom stereocenters. The third-order valence-electron chi connectivity index (χ3n) is 2.21. The number of hydrogen-bond donors (Lipinski definition) is 2. The van der Waals surface area contributed by atoms with Gasteiger partial charge < -0.3 is 10.8 Å². The van der Waals surface area contributed by atoms with Gasteiger partial charge in [-0.2, -0.15) is 0 Å². The largest absolute Gasteiger partial charge is 0.481 e. The molecule has 6 heteroatoms. The zero-order valence-electron chi connectivity index (χ0n) is 8.21. The van der Waals surface area contributed by atoms with E-state index in [-0.39, 0.29) is 18.5 Å². The molecule has 1 aromatic rings. The molecule has 0 aliphatic heterocycles. The monoisotopic (exact) mass is 249 g/mol. The molecule has 0 saturated heterocycles. The Labute approximate surface area is 95.8 Å². The van der Waals surface area contributed by atoms with E-state index in [9.17, 15) is 13.6 Å². The van der Waals surface area contributed by atoms with E-state index < -0.39 is 28.5 Å². The first-order chi connectivity index (χ1) is 7.47. The molecule has 3 N–H and O–H groups in total. The fraction of sp³-hybridized carbons (Fsp3) is 0.300. The van der Waals surface area contributed by atoms with Crippen LogP contribution in [0.5, 0.6) is 0 Å². The van der Waals surface area contributed by atoms with Crippen LogP contribution in [0, 0.1) is 11.6 Å². The molecule has 0 spiro atoms. The maximum atomic E-state index is 13.5. The van der Waals surface area contributed by atoms with Crippen LogP contribution in [-0.4, -0.2) is 17.6 Å². The minimum atomic E-state index is -1.10. The van der Waals surface area contributed by atoms with Crippen molar-refractivity contribution in [2.24, 2.45) is 5.73 Å². The van der Waals surface area contributed by atoms with Crippen molar-refractivity contribution in [2.75, 3.05) is 6.54 Å². The number of hydrogen-bond acceptors (Lipinski definition) is 2. The second-order valence-corrected chi connectivity index (χ2v) is 3.67. The highest BCUT2D eigenvalue weighted by Gasteiger charge is 2.20. The molecule has 0 radical (unpaired) electrons. The summed E-state index contributed by atoms with van der Waals surface area (Å²) in [4.78, 5) is 10.5. The number of carbonyl (C=O) groups is 1. The molecule has 88 valence electrons. The highest BCUT2D eigenvalue weighted by Crippen LogP contribution is 2.28. The number of halogens is 3. The van der Waals surface area contributed by atoms with Crippen LogP contribution in [0.25, 0.3) is 0 Å². The van der Waals surface area contributed by atoms with Gasteiger partial charge in [0.25, 0.3) is 0 Å². The predicted octanol–water partition coefficient (Wildman–Crippen LogP) is 2.14. The van der Waals surface area contributed by atoms with E-state index in [0.29, 0.717) is 0 Å². The van der Waals surface area contributed by atoms with E-state index in [1.54, 1.807) is 0 Å². The van der Waals surface area contributed by atoms with Crippen molar-refractivity contribution < 1.29 is 18.7 Å². The summed E-state index contributed by atoms with van der Waals surface area (Å²) in [5.74, 6) is -3.64. The summed E-state index contributed by atoms with van der Waals surface area (Å²) in [5, 5.41) is 7.97. The molecular weight excluding hydrogens is 240 g/mol. The van der Waals surface area contributed by atoms with Crippen LogP contribution < -0.4 is 5.73 Å². The Morgan fingerprint density at radius 2 is 2.12 bits per heavy atom. The van der Waals surface area contributed by atoms with E-state index in [2.05, 4.69) is 0 Å². The van der Waals surface area contributed by atoms with Gasteiger partial charge in [-0.25, -0.2) is 8.78 Å². The van der Waals surface area contributed by atoms with Crippen molar-refractivity contribution in [1.82, 2.24) is 0 Å². The number of carboxylic acids is 1. The average Bonchev–Trinajstić information content (AvgIpc) is 2.23. The van der Waals surface area contributed by atoms with Gasteiger partial charge >= 0.3 is 5.97 Å². The van der Waals surface area contributed by atoms with Gasteiger partial charge in [-0.3, -0.25) is 4.79 Å². The molecule has 1 aromatic carbocycles. The Kier molecular flexibility index (Phi) is 4.20. The van der Waals surface area contributed by atoms with Crippen LogP contribution >= 0.6 is 11.6 Å². The Morgan fingerprint density at radius 3 is 2.62 bits per heavy atom. The molecule has 0 saturated carbocycles. The lowest BCUT2D eigenvalue weighted by atomic mass is 9.95. The second kappa shape index (κ2) is 5.23. The van der Waals surface area contributed by atoms with Crippen LogP contribution in [0.4, 0.5) is 8.78 Å². The number of carboxylic acid groups (broad SMARTS) is 1. The minimum Gasteiger partial charge on any atom is -0.481 e. The van der Waals surface area contributed by atoms with E-state index in [4.69, 9.17) is 22.4 Å². The molecule has 0 bridgehead atoms. The van der Waals surface area contributed by atoms with Crippen molar-refractivity contribution in [3.8, 4) is 0 Å². The first-order valence-electron chi connectivity index (χ1n) is 4.52. The molecule has 1 unspecified atom stereocenters. The van der Waals surface area contributed by atoms with Crippen molar-refractivity contribution in [2.45, 2.75) is 12.3 Å². The predicted molar refractivity (Wildman–Crippen MR) is 55.4 cm³/mol. The SMILES string of the molecule is NCC(CC(=O)O)c1ccc(F)c(Cl)c1F. The molecule has 0 aliphatic rings. The van der Waals surface area contributed by atoms with Crippen LogP contribution in [0.2, 0.25) is 5.02 Å². The van der Waals surface area contributed by atoms with Crippen LogP contribution in [0.15, 0.2) is 12.1 Å². The lowest BCUT2D eigenvalue weighted by molar-refractivity contribution is -0.137.